The number of primary sulfonamides is 1. The van der Waals surface area contributed by atoms with Gasteiger partial charge in [-0.25, -0.2) is 17.9 Å². The molecule has 0 bridgehead atoms. The number of sulfonamides is 1. The second-order valence-corrected chi connectivity index (χ2v) is 8.51. The van der Waals surface area contributed by atoms with Crippen molar-refractivity contribution in [2.45, 2.75) is 31.3 Å². The summed E-state index contributed by atoms with van der Waals surface area (Å²) in [6.45, 7) is 3.29. The van der Waals surface area contributed by atoms with Gasteiger partial charge in [-0.05, 0) is 31.5 Å². The summed E-state index contributed by atoms with van der Waals surface area (Å²) < 4.78 is 53.8. The van der Waals surface area contributed by atoms with Crippen LogP contribution in [0.2, 0.25) is 0 Å². The molecule has 2 aromatic rings. The largest absolute Gasteiger partial charge is 0.364 e. The van der Waals surface area contributed by atoms with Gasteiger partial charge in [0.25, 0.3) is 5.56 Å². The molecular formula is C13H16FN2O6PS. The summed E-state index contributed by atoms with van der Waals surface area (Å²) in [6.07, 6.45) is -0.138. The molecule has 1 heterocycles. The summed E-state index contributed by atoms with van der Waals surface area (Å²) in [7, 11) is -8.78. The van der Waals surface area contributed by atoms with Gasteiger partial charge in [0.15, 0.2) is 0 Å². The van der Waals surface area contributed by atoms with Gasteiger partial charge in [0.05, 0.1) is 11.6 Å². The van der Waals surface area contributed by atoms with Gasteiger partial charge in [0, 0.05) is 5.39 Å². The molecule has 132 valence electrons. The molecule has 11 heteroatoms. The molecule has 0 spiro atoms. The fraction of sp³-hybridized carbons (Fsp3) is 0.308. The van der Waals surface area contributed by atoms with E-state index in [0.29, 0.717) is 6.42 Å². The molecule has 1 aromatic heterocycles. The smallest absolute Gasteiger partial charge is 0.321 e. The van der Waals surface area contributed by atoms with Gasteiger partial charge < -0.3 is 14.4 Å². The normalized spacial score (nSPS) is 16.0. The minimum atomic E-state index is -4.45. The monoisotopic (exact) mass is 378 g/mol. The molecule has 0 saturated carbocycles. The number of nitrogens with one attached hydrogen (secondary N) is 1. The quantitative estimate of drug-likeness (QED) is 0.662. The van der Waals surface area contributed by atoms with Gasteiger partial charge in [-0.15, -0.1) is 0 Å². The van der Waals surface area contributed by atoms with E-state index >= 15 is 0 Å². The topological polar surface area (TPSA) is 140 Å². The Hall–Kier alpha value is -1.58. The number of rotatable bonds is 5. The van der Waals surface area contributed by atoms with Crippen LogP contribution in [0.25, 0.3) is 10.9 Å². The van der Waals surface area contributed by atoms with Gasteiger partial charge in [0.2, 0.25) is 10.0 Å². The second kappa shape index (κ2) is 6.38. The maximum absolute atomic E-state index is 13.8. The van der Waals surface area contributed by atoms with Crippen molar-refractivity contribution in [2.24, 2.45) is 5.14 Å². The highest BCUT2D eigenvalue weighted by atomic mass is 32.2. The number of pyridine rings is 1. The lowest BCUT2D eigenvalue weighted by molar-refractivity contribution is 0.192. The summed E-state index contributed by atoms with van der Waals surface area (Å²) in [5, 5.41) is 4.38. The van der Waals surface area contributed by atoms with Crippen molar-refractivity contribution in [3.05, 3.63) is 34.4 Å². The summed E-state index contributed by atoms with van der Waals surface area (Å²) >= 11 is 0. The summed E-state index contributed by atoms with van der Waals surface area (Å²) in [5.74, 6) is -1.14. The van der Waals surface area contributed by atoms with Crippen molar-refractivity contribution in [1.82, 2.24) is 4.98 Å². The van der Waals surface area contributed by atoms with E-state index in [9.17, 15) is 27.1 Å². The molecule has 1 aromatic carbocycles. The van der Waals surface area contributed by atoms with Crippen LogP contribution < -0.4 is 16.0 Å². The van der Waals surface area contributed by atoms with E-state index in [1.807, 2.05) is 0 Å². The predicted molar refractivity (Wildman–Crippen MR) is 86.2 cm³/mol. The molecule has 0 aliphatic carbocycles. The van der Waals surface area contributed by atoms with Crippen LogP contribution in [-0.2, 0) is 19.1 Å². The Morgan fingerprint density at radius 3 is 2.58 bits per heavy atom. The molecule has 0 fully saturated rings. The van der Waals surface area contributed by atoms with Crippen LogP contribution in [0.15, 0.2) is 27.9 Å². The number of aromatic amines is 1. The number of H-pyrrole nitrogens is 1. The SMILES string of the molecule is CCC(C)OP(=O)(O)c1cc2cc(S(N)(=O)=O)c(F)cc2[nH]c1=O. The van der Waals surface area contributed by atoms with Gasteiger partial charge >= 0.3 is 7.60 Å². The zero-order valence-electron chi connectivity index (χ0n) is 12.8. The van der Waals surface area contributed by atoms with E-state index < -0.39 is 45.3 Å². The number of benzene rings is 1. The van der Waals surface area contributed by atoms with Crippen molar-refractivity contribution in [2.75, 3.05) is 0 Å². The molecule has 0 amide bonds. The predicted octanol–water partition coefficient (Wildman–Crippen LogP) is 0.940. The Morgan fingerprint density at radius 1 is 1.42 bits per heavy atom. The number of aromatic nitrogens is 1. The van der Waals surface area contributed by atoms with Gasteiger partial charge in [0.1, 0.15) is 16.0 Å². The highest BCUT2D eigenvalue weighted by molar-refractivity contribution is 7.89. The summed E-state index contributed by atoms with van der Waals surface area (Å²) in [6, 6.07) is 2.65. The first kappa shape index (κ1) is 18.8. The van der Waals surface area contributed by atoms with E-state index in [1.54, 1.807) is 13.8 Å². The first-order valence-corrected chi connectivity index (χ1v) is 9.99. The standard InChI is InChI=1S/C13H16FN2O6PS/c1-3-7(2)22-23(18,19)11-4-8-5-12(24(15,20)21)9(14)6-10(8)16-13(11)17/h4-7H,3H2,1-2H3,(H,16,17)(H,18,19)(H2,15,20,21). The third-order valence-corrected chi connectivity index (χ3v) is 5.90. The molecule has 0 saturated heterocycles. The molecule has 0 radical (unpaired) electrons. The summed E-state index contributed by atoms with van der Waals surface area (Å²) in [5.41, 5.74) is -0.975. The molecule has 24 heavy (non-hydrogen) atoms. The van der Waals surface area contributed by atoms with Crippen molar-refractivity contribution < 1.29 is 26.8 Å². The molecule has 0 aliphatic rings. The average molecular weight is 378 g/mol. The van der Waals surface area contributed by atoms with Crippen molar-refractivity contribution in [3.8, 4) is 0 Å². The van der Waals surface area contributed by atoms with E-state index in [0.717, 1.165) is 18.2 Å². The minimum absolute atomic E-state index is 0.0250. The third kappa shape index (κ3) is 3.73. The summed E-state index contributed by atoms with van der Waals surface area (Å²) in [4.78, 5) is 23.5. The van der Waals surface area contributed by atoms with Gasteiger partial charge in [-0.2, -0.15) is 0 Å². The lowest BCUT2D eigenvalue weighted by Crippen LogP contribution is -2.29. The number of hydrogen-bond acceptors (Lipinski definition) is 5. The van der Waals surface area contributed by atoms with Crippen LogP contribution in [0.1, 0.15) is 20.3 Å². The maximum atomic E-state index is 13.8. The Balaban J connectivity index is 2.70. The molecule has 8 nitrogen and oxygen atoms in total. The molecule has 2 unspecified atom stereocenters. The van der Waals surface area contributed by atoms with Gasteiger partial charge in [-0.3, -0.25) is 9.36 Å². The number of fused-ring (bicyclic) bond motifs is 1. The fourth-order valence-electron chi connectivity index (χ4n) is 2.00. The molecule has 2 atom stereocenters. The van der Waals surface area contributed by atoms with Crippen molar-refractivity contribution >= 4 is 33.8 Å². The Kier molecular flexibility index (Phi) is 4.98. The minimum Gasteiger partial charge on any atom is -0.321 e. The zero-order chi connectivity index (χ0) is 18.3. The van der Waals surface area contributed by atoms with Crippen LogP contribution >= 0.6 is 7.60 Å². The van der Waals surface area contributed by atoms with Gasteiger partial charge in [-0.1, -0.05) is 6.92 Å². The Bertz CT molecular complexity index is 1000. The number of hydrogen-bond donors (Lipinski definition) is 3. The van der Waals surface area contributed by atoms with Crippen molar-refractivity contribution in [1.29, 1.82) is 0 Å². The lowest BCUT2D eigenvalue weighted by Gasteiger charge is -2.16. The molecule has 0 aliphatic heterocycles. The number of halogens is 1. The third-order valence-electron chi connectivity index (χ3n) is 3.39. The van der Waals surface area contributed by atoms with E-state index in [-0.39, 0.29) is 10.9 Å². The van der Waals surface area contributed by atoms with Crippen molar-refractivity contribution in [3.63, 3.8) is 0 Å². The fourth-order valence-corrected chi connectivity index (χ4v) is 3.99. The van der Waals surface area contributed by atoms with Crippen LogP contribution in [0, 0.1) is 5.82 Å². The first-order valence-electron chi connectivity index (χ1n) is 6.87. The highest BCUT2D eigenvalue weighted by Crippen LogP contribution is 2.41. The first-order chi connectivity index (χ1) is 11.0. The maximum Gasteiger partial charge on any atom is 0.364 e. The lowest BCUT2D eigenvalue weighted by atomic mass is 10.2. The van der Waals surface area contributed by atoms with Crippen LogP contribution in [-0.4, -0.2) is 24.4 Å². The zero-order valence-corrected chi connectivity index (χ0v) is 14.5. The van der Waals surface area contributed by atoms with Crippen LogP contribution in [0.3, 0.4) is 0 Å². The van der Waals surface area contributed by atoms with Crippen LogP contribution in [0.5, 0.6) is 0 Å². The molecule has 2 rings (SSSR count). The van der Waals surface area contributed by atoms with E-state index in [4.69, 9.17) is 9.66 Å². The Morgan fingerprint density at radius 2 is 2.04 bits per heavy atom. The molecule has 4 N–H and O–H groups in total. The molecular weight excluding hydrogens is 362 g/mol. The average Bonchev–Trinajstić information content (AvgIpc) is 2.43. The number of nitrogens with two attached hydrogens (primary N) is 1. The van der Waals surface area contributed by atoms with Crippen LogP contribution in [0.4, 0.5) is 4.39 Å². The van der Waals surface area contributed by atoms with E-state index in [1.165, 1.54) is 0 Å². The Labute approximate surface area is 137 Å². The second-order valence-electron chi connectivity index (χ2n) is 5.24. The highest BCUT2D eigenvalue weighted by Gasteiger charge is 2.29. The van der Waals surface area contributed by atoms with E-state index in [2.05, 4.69) is 4.98 Å².